The first kappa shape index (κ1) is 12.8. The molecule has 1 N–H and O–H groups in total. The van der Waals surface area contributed by atoms with Crippen LogP contribution in [0.2, 0.25) is 0 Å². The van der Waals surface area contributed by atoms with Gasteiger partial charge in [-0.05, 0) is 28.1 Å². The summed E-state index contributed by atoms with van der Waals surface area (Å²) in [6.45, 7) is 0. The molecule has 1 aromatic heterocycles. The van der Waals surface area contributed by atoms with Crippen LogP contribution in [0.4, 0.5) is 0 Å². The van der Waals surface area contributed by atoms with Crippen molar-refractivity contribution in [2.45, 2.75) is 0 Å². The molecule has 0 aliphatic heterocycles. The lowest BCUT2D eigenvalue weighted by molar-refractivity contribution is 0.103. The molecular formula is C16H10BrNO2. The molecule has 98 valence electrons. The summed E-state index contributed by atoms with van der Waals surface area (Å²) in [5.41, 5.74) is 1.10. The van der Waals surface area contributed by atoms with Crippen LogP contribution >= 0.6 is 15.9 Å². The Bertz CT molecular complexity index is 853. The van der Waals surface area contributed by atoms with E-state index < -0.39 is 0 Å². The van der Waals surface area contributed by atoms with Crippen molar-refractivity contribution in [1.82, 2.24) is 4.98 Å². The lowest BCUT2D eigenvalue weighted by atomic mass is 10.0. The number of carbonyl (C=O) groups is 1. The summed E-state index contributed by atoms with van der Waals surface area (Å²) >= 11 is 3.38. The molecule has 2 aromatic carbocycles. The summed E-state index contributed by atoms with van der Waals surface area (Å²) in [4.78, 5) is 27.8. The van der Waals surface area contributed by atoms with E-state index in [2.05, 4.69) is 20.9 Å². The highest BCUT2D eigenvalue weighted by molar-refractivity contribution is 9.10. The number of nitrogens with one attached hydrogen (secondary N) is 1. The second kappa shape index (κ2) is 5.06. The zero-order valence-electron chi connectivity index (χ0n) is 10.4. The maximum Gasteiger partial charge on any atom is 0.200 e. The van der Waals surface area contributed by atoms with Gasteiger partial charge in [0.2, 0.25) is 5.43 Å². The number of para-hydroxylation sites is 1. The first-order valence-electron chi connectivity index (χ1n) is 6.08. The van der Waals surface area contributed by atoms with Crippen molar-refractivity contribution >= 4 is 32.6 Å². The maximum absolute atomic E-state index is 12.4. The standard InChI is InChI=1S/C16H10BrNO2/c17-13-8-4-7-11-14(13)18-9-12(16(11)20)15(19)10-5-2-1-3-6-10/h1-9H,(H,18,20). The highest BCUT2D eigenvalue weighted by Gasteiger charge is 2.15. The quantitative estimate of drug-likeness (QED) is 0.732. The Kier molecular flexibility index (Phi) is 3.24. The summed E-state index contributed by atoms with van der Waals surface area (Å²) in [6, 6.07) is 14.1. The Morgan fingerprint density at radius 1 is 1.00 bits per heavy atom. The summed E-state index contributed by atoms with van der Waals surface area (Å²) in [5, 5.41) is 0.501. The van der Waals surface area contributed by atoms with E-state index in [9.17, 15) is 9.59 Å². The van der Waals surface area contributed by atoms with Crippen molar-refractivity contribution in [3.05, 3.63) is 80.6 Å². The van der Waals surface area contributed by atoms with E-state index in [4.69, 9.17) is 0 Å². The van der Waals surface area contributed by atoms with Crippen molar-refractivity contribution < 1.29 is 4.79 Å². The number of pyridine rings is 1. The molecule has 3 nitrogen and oxygen atoms in total. The lowest BCUT2D eigenvalue weighted by Crippen LogP contribution is -2.16. The van der Waals surface area contributed by atoms with Gasteiger partial charge in [-0.25, -0.2) is 0 Å². The molecule has 0 saturated heterocycles. The number of aromatic amines is 1. The minimum Gasteiger partial charge on any atom is -0.359 e. The third-order valence-corrected chi connectivity index (χ3v) is 3.81. The molecule has 0 aliphatic rings. The fraction of sp³-hybridized carbons (Fsp3) is 0. The highest BCUT2D eigenvalue weighted by atomic mass is 79.9. The Morgan fingerprint density at radius 2 is 1.75 bits per heavy atom. The van der Waals surface area contributed by atoms with E-state index in [0.29, 0.717) is 16.5 Å². The van der Waals surface area contributed by atoms with Crippen LogP contribution in [-0.2, 0) is 0 Å². The second-order valence-corrected chi connectivity index (χ2v) is 5.24. The first-order valence-corrected chi connectivity index (χ1v) is 6.87. The molecule has 0 radical (unpaired) electrons. The van der Waals surface area contributed by atoms with Crippen LogP contribution in [0.25, 0.3) is 10.9 Å². The molecule has 20 heavy (non-hydrogen) atoms. The van der Waals surface area contributed by atoms with Crippen molar-refractivity contribution in [2.75, 3.05) is 0 Å². The topological polar surface area (TPSA) is 49.9 Å². The predicted molar refractivity (Wildman–Crippen MR) is 82.1 cm³/mol. The Balaban J connectivity index is 2.22. The van der Waals surface area contributed by atoms with Gasteiger partial charge < -0.3 is 4.98 Å². The SMILES string of the molecule is O=C(c1ccccc1)c1c[nH]c2c(Br)cccc2c1=O. The highest BCUT2D eigenvalue weighted by Crippen LogP contribution is 2.20. The van der Waals surface area contributed by atoms with E-state index in [1.54, 1.807) is 36.4 Å². The largest absolute Gasteiger partial charge is 0.359 e. The van der Waals surface area contributed by atoms with Crippen molar-refractivity contribution in [3.8, 4) is 0 Å². The summed E-state index contributed by atoms with van der Waals surface area (Å²) in [6.07, 6.45) is 1.48. The number of ketones is 1. The molecule has 3 aromatic rings. The van der Waals surface area contributed by atoms with Crippen LogP contribution in [0.15, 0.2) is 64.0 Å². The smallest absolute Gasteiger partial charge is 0.200 e. The van der Waals surface area contributed by atoms with E-state index >= 15 is 0 Å². The third kappa shape index (κ3) is 2.08. The average molecular weight is 328 g/mol. The summed E-state index contributed by atoms with van der Waals surface area (Å²) in [5.74, 6) is -0.270. The number of rotatable bonds is 2. The molecule has 0 amide bonds. The van der Waals surface area contributed by atoms with Crippen molar-refractivity contribution in [2.24, 2.45) is 0 Å². The predicted octanol–water partition coefficient (Wildman–Crippen LogP) is 3.52. The molecule has 0 bridgehead atoms. The number of aromatic nitrogens is 1. The molecule has 0 unspecified atom stereocenters. The fourth-order valence-corrected chi connectivity index (χ4v) is 2.61. The minimum atomic E-state index is -0.270. The monoisotopic (exact) mass is 327 g/mol. The van der Waals surface area contributed by atoms with Gasteiger partial charge >= 0.3 is 0 Å². The number of halogens is 1. The molecule has 1 heterocycles. The summed E-state index contributed by atoms with van der Waals surface area (Å²) < 4.78 is 0.797. The van der Waals surface area contributed by atoms with Gasteiger partial charge in [-0.2, -0.15) is 0 Å². The van der Waals surface area contributed by atoms with Gasteiger partial charge in [0.25, 0.3) is 0 Å². The van der Waals surface area contributed by atoms with Gasteiger partial charge in [0.1, 0.15) is 0 Å². The molecular weight excluding hydrogens is 318 g/mol. The minimum absolute atomic E-state index is 0.154. The zero-order valence-corrected chi connectivity index (χ0v) is 12.0. The van der Waals surface area contributed by atoms with E-state index in [1.165, 1.54) is 6.20 Å². The van der Waals surface area contributed by atoms with Crippen LogP contribution in [-0.4, -0.2) is 10.8 Å². The molecule has 0 aliphatic carbocycles. The van der Waals surface area contributed by atoms with Gasteiger partial charge in [0.15, 0.2) is 5.78 Å². The van der Waals surface area contributed by atoms with E-state index in [1.807, 2.05) is 12.1 Å². The van der Waals surface area contributed by atoms with Gasteiger partial charge in [0.05, 0.1) is 11.1 Å². The molecule has 0 fully saturated rings. The average Bonchev–Trinajstić information content (AvgIpc) is 2.49. The van der Waals surface area contributed by atoms with Crippen LogP contribution in [0.5, 0.6) is 0 Å². The van der Waals surface area contributed by atoms with E-state index in [0.717, 1.165) is 4.47 Å². The molecule has 0 spiro atoms. The summed E-state index contributed by atoms with van der Waals surface area (Å²) in [7, 11) is 0. The second-order valence-electron chi connectivity index (χ2n) is 4.39. The van der Waals surface area contributed by atoms with Crippen LogP contribution < -0.4 is 5.43 Å². The first-order chi connectivity index (χ1) is 9.68. The number of hydrogen-bond donors (Lipinski definition) is 1. The third-order valence-electron chi connectivity index (χ3n) is 3.14. The van der Waals surface area contributed by atoms with E-state index in [-0.39, 0.29) is 16.8 Å². The van der Waals surface area contributed by atoms with Gasteiger partial charge in [-0.15, -0.1) is 0 Å². The maximum atomic E-state index is 12.4. The molecule has 4 heteroatoms. The number of fused-ring (bicyclic) bond motifs is 1. The zero-order chi connectivity index (χ0) is 14.1. The Morgan fingerprint density at radius 3 is 2.50 bits per heavy atom. The molecule has 0 saturated carbocycles. The van der Waals surface area contributed by atoms with Gasteiger partial charge in [-0.3, -0.25) is 9.59 Å². The number of carbonyl (C=O) groups excluding carboxylic acids is 1. The van der Waals surface area contributed by atoms with Gasteiger partial charge in [-0.1, -0.05) is 36.4 Å². The Hall–Kier alpha value is -2.20. The fourth-order valence-electron chi connectivity index (χ4n) is 2.13. The van der Waals surface area contributed by atoms with Crippen molar-refractivity contribution in [1.29, 1.82) is 0 Å². The van der Waals surface area contributed by atoms with Crippen LogP contribution in [0.3, 0.4) is 0 Å². The van der Waals surface area contributed by atoms with Gasteiger partial charge in [0, 0.05) is 21.6 Å². The molecule has 3 rings (SSSR count). The number of H-pyrrole nitrogens is 1. The normalized spacial score (nSPS) is 10.7. The van der Waals surface area contributed by atoms with Crippen molar-refractivity contribution in [3.63, 3.8) is 0 Å². The van der Waals surface area contributed by atoms with Crippen LogP contribution in [0, 0.1) is 0 Å². The molecule has 0 atom stereocenters. The Labute approximate surface area is 123 Å². The number of benzene rings is 2. The number of hydrogen-bond acceptors (Lipinski definition) is 2. The lowest BCUT2D eigenvalue weighted by Gasteiger charge is -2.04. The van der Waals surface area contributed by atoms with Crippen LogP contribution in [0.1, 0.15) is 15.9 Å².